The molecule has 0 saturated carbocycles. The summed E-state index contributed by atoms with van der Waals surface area (Å²) >= 11 is 0. The topological polar surface area (TPSA) is 37.3 Å². The summed E-state index contributed by atoms with van der Waals surface area (Å²) in [5.74, 6) is 0.596. The Morgan fingerprint density at radius 3 is 2.41 bits per heavy atom. The second kappa shape index (κ2) is 9.03. The van der Waals surface area contributed by atoms with Crippen LogP contribution >= 0.6 is 0 Å². The average Bonchev–Trinajstić information content (AvgIpc) is 2.15. The molecule has 2 heteroatoms. The molecule has 0 aliphatic carbocycles. The summed E-state index contributed by atoms with van der Waals surface area (Å²) in [5, 5.41) is 8.55. The lowest BCUT2D eigenvalue weighted by Crippen LogP contribution is -1.95. The molecule has 0 aliphatic heterocycles. The van der Waals surface area contributed by atoms with Crippen LogP contribution in [0.3, 0.4) is 0 Å². The monoisotopic (exact) mass is 238 g/mol. The second-order valence-electron chi connectivity index (χ2n) is 5.29. The van der Waals surface area contributed by atoms with E-state index in [-0.39, 0.29) is 0 Å². The molecule has 0 fully saturated rings. The number of aliphatic carboxylic acids is 1. The standard InChI is InChI=1S/C15H26O2/c1-12(2)7-5-8-13(3)9-6-10-14(4)11-15(16)17/h6,10-13H,5,7-9H2,1-4H3,(H,16,17). The highest BCUT2D eigenvalue weighted by Crippen LogP contribution is 2.15. The summed E-state index contributed by atoms with van der Waals surface area (Å²) < 4.78 is 0. The van der Waals surface area contributed by atoms with E-state index in [0.717, 1.165) is 17.9 Å². The van der Waals surface area contributed by atoms with Crippen LogP contribution in [0.15, 0.2) is 23.8 Å². The van der Waals surface area contributed by atoms with Gasteiger partial charge in [-0.2, -0.15) is 0 Å². The van der Waals surface area contributed by atoms with E-state index >= 15 is 0 Å². The van der Waals surface area contributed by atoms with Gasteiger partial charge in [-0.05, 0) is 30.8 Å². The van der Waals surface area contributed by atoms with Crippen LogP contribution in [0.5, 0.6) is 0 Å². The van der Waals surface area contributed by atoms with Crippen LogP contribution < -0.4 is 0 Å². The van der Waals surface area contributed by atoms with E-state index in [2.05, 4.69) is 26.8 Å². The lowest BCUT2D eigenvalue weighted by atomic mass is 9.97. The molecule has 0 aromatic carbocycles. The lowest BCUT2D eigenvalue weighted by Gasteiger charge is -2.09. The van der Waals surface area contributed by atoms with Crippen molar-refractivity contribution in [1.29, 1.82) is 0 Å². The first-order valence-corrected chi connectivity index (χ1v) is 6.49. The smallest absolute Gasteiger partial charge is 0.328 e. The van der Waals surface area contributed by atoms with Gasteiger partial charge in [-0.1, -0.05) is 52.2 Å². The van der Waals surface area contributed by atoms with E-state index in [0.29, 0.717) is 5.92 Å². The zero-order valence-corrected chi connectivity index (χ0v) is 11.6. The van der Waals surface area contributed by atoms with Crippen LogP contribution in [-0.4, -0.2) is 11.1 Å². The van der Waals surface area contributed by atoms with Crippen LogP contribution in [0.4, 0.5) is 0 Å². The predicted molar refractivity (Wildman–Crippen MR) is 73.0 cm³/mol. The van der Waals surface area contributed by atoms with Crippen molar-refractivity contribution in [2.75, 3.05) is 0 Å². The Balaban J connectivity index is 3.79. The number of carbonyl (C=O) groups is 1. The third-order valence-electron chi connectivity index (χ3n) is 2.75. The first-order valence-electron chi connectivity index (χ1n) is 6.49. The summed E-state index contributed by atoms with van der Waals surface area (Å²) in [7, 11) is 0. The minimum absolute atomic E-state index is 0.683. The summed E-state index contributed by atoms with van der Waals surface area (Å²) in [4.78, 5) is 10.4. The van der Waals surface area contributed by atoms with Crippen LogP contribution in [0.1, 0.15) is 53.4 Å². The molecule has 98 valence electrons. The number of hydrogen-bond acceptors (Lipinski definition) is 1. The van der Waals surface area contributed by atoms with Crippen LogP contribution in [0.25, 0.3) is 0 Å². The van der Waals surface area contributed by atoms with Gasteiger partial charge in [-0.15, -0.1) is 0 Å². The molecule has 0 spiro atoms. The van der Waals surface area contributed by atoms with E-state index in [1.165, 1.54) is 25.3 Å². The fraction of sp³-hybridized carbons (Fsp3) is 0.667. The van der Waals surface area contributed by atoms with Crippen molar-refractivity contribution >= 4 is 5.97 Å². The second-order valence-corrected chi connectivity index (χ2v) is 5.29. The highest BCUT2D eigenvalue weighted by Gasteiger charge is 2.01. The van der Waals surface area contributed by atoms with Crippen molar-refractivity contribution in [2.24, 2.45) is 11.8 Å². The van der Waals surface area contributed by atoms with Gasteiger partial charge >= 0.3 is 5.97 Å². The Labute approximate surface area is 105 Å². The van der Waals surface area contributed by atoms with Gasteiger partial charge in [0.2, 0.25) is 0 Å². The minimum atomic E-state index is -0.878. The zero-order chi connectivity index (χ0) is 13.3. The fourth-order valence-electron chi connectivity index (χ4n) is 1.72. The van der Waals surface area contributed by atoms with Gasteiger partial charge in [-0.25, -0.2) is 4.79 Å². The Morgan fingerprint density at radius 1 is 1.24 bits per heavy atom. The highest BCUT2D eigenvalue weighted by atomic mass is 16.4. The fourth-order valence-corrected chi connectivity index (χ4v) is 1.72. The van der Waals surface area contributed by atoms with Crippen LogP contribution in [0, 0.1) is 11.8 Å². The average molecular weight is 238 g/mol. The van der Waals surface area contributed by atoms with Gasteiger partial charge in [0, 0.05) is 6.08 Å². The van der Waals surface area contributed by atoms with Gasteiger partial charge in [0.15, 0.2) is 0 Å². The van der Waals surface area contributed by atoms with Gasteiger partial charge in [-0.3, -0.25) is 0 Å². The first kappa shape index (κ1) is 16.0. The first-order chi connectivity index (χ1) is 7.91. The molecular formula is C15H26O2. The van der Waals surface area contributed by atoms with Crippen molar-refractivity contribution in [3.05, 3.63) is 23.8 Å². The van der Waals surface area contributed by atoms with Gasteiger partial charge in [0.1, 0.15) is 0 Å². The maximum atomic E-state index is 10.4. The minimum Gasteiger partial charge on any atom is -0.478 e. The molecule has 0 aliphatic rings. The summed E-state index contributed by atoms with van der Waals surface area (Å²) in [5.41, 5.74) is 0.798. The summed E-state index contributed by atoms with van der Waals surface area (Å²) in [6.45, 7) is 8.57. The third-order valence-corrected chi connectivity index (χ3v) is 2.75. The van der Waals surface area contributed by atoms with E-state index in [4.69, 9.17) is 5.11 Å². The van der Waals surface area contributed by atoms with Crippen molar-refractivity contribution in [3.63, 3.8) is 0 Å². The normalized spacial score (nSPS) is 14.5. The number of carboxylic acids is 1. The van der Waals surface area contributed by atoms with Crippen molar-refractivity contribution in [1.82, 2.24) is 0 Å². The molecular weight excluding hydrogens is 212 g/mol. The molecule has 17 heavy (non-hydrogen) atoms. The van der Waals surface area contributed by atoms with E-state index in [1.807, 2.05) is 13.0 Å². The van der Waals surface area contributed by atoms with Crippen molar-refractivity contribution in [2.45, 2.75) is 53.4 Å². The van der Waals surface area contributed by atoms with E-state index in [1.54, 1.807) is 0 Å². The number of allylic oxidation sites excluding steroid dienone is 3. The van der Waals surface area contributed by atoms with Crippen LogP contribution in [0.2, 0.25) is 0 Å². The van der Waals surface area contributed by atoms with E-state index < -0.39 is 5.97 Å². The molecule has 0 aromatic rings. The zero-order valence-electron chi connectivity index (χ0n) is 11.6. The largest absolute Gasteiger partial charge is 0.478 e. The van der Waals surface area contributed by atoms with Crippen molar-refractivity contribution < 1.29 is 9.90 Å². The van der Waals surface area contributed by atoms with Gasteiger partial charge < -0.3 is 5.11 Å². The SMILES string of the molecule is CC(C=CCC(C)CCCC(C)C)=CC(=O)O. The van der Waals surface area contributed by atoms with Crippen LogP contribution in [-0.2, 0) is 4.79 Å². The molecule has 0 saturated heterocycles. The Kier molecular flexibility index (Phi) is 8.47. The molecule has 0 rings (SSSR count). The number of rotatable bonds is 8. The molecule has 0 heterocycles. The molecule has 0 aromatic heterocycles. The number of carboxylic acid groups (broad SMARTS) is 1. The number of hydrogen-bond donors (Lipinski definition) is 1. The third kappa shape index (κ3) is 11.2. The predicted octanol–water partition coefficient (Wildman–Crippen LogP) is 4.43. The molecule has 1 N–H and O–H groups in total. The summed E-state index contributed by atoms with van der Waals surface area (Å²) in [6, 6.07) is 0. The quantitative estimate of drug-likeness (QED) is 0.502. The highest BCUT2D eigenvalue weighted by molar-refractivity contribution is 5.81. The Bertz CT molecular complexity index is 275. The van der Waals surface area contributed by atoms with Gasteiger partial charge in [0.05, 0.1) is 0 Å². The molecule has 0 radical (unpaired) electrons. The summed E-state index contributed by atoms with van der Waals surface area (Å²) in [6.07, 6.45) is 10.1. The molecule has 0 bridgehead atoms. The Hall–Kier alpha value is -1.05. The maximum Gasteiger partial charge on any atom is 0.328 e. The van der Waals surface area contributed by atoms with Crippen molar-refractivity contribution in [3.8, 4) is 0 Å². The van der Waals surface area contributed by atoms with E-state index in [9.17, 15) is 4.79 Å². The molecule has 1 unspecified atom stereocenters. The lowest BCUT2D eigenvalue weighted by molar-refractivity contribution is -0.131. The molecule has 2 nitrogen and oxygen atoms in total. The Morgan fingerprint density at radius 2 is 1.88 bits per heavy atom. The molecule has 0 amide bonds. The maximum absolute atomic E-state index is 10.4. The van der Waals surface area contributed by atoms with Gasteiger partial charge in [0.25, 0.3) is 0 Å². The molecule has 1 atom stereocenters.